The van der Waals surface area contributed by atoms with Gasteiger partial charge in [-0.3, -0.25) is 4.90 Å². The summed E-state index contributed by atoms with van der Waals surface area (Å²) in [5, 5.41) is 4.07. The molecule has 0 aromatic heterocycles. The van der Waals surface area contributed by atoms with Crippen molar-refractivity contribution in [1.29, 1.82) is 0 Å². The van der Waals surface area contributed by atoms with Crippen LogP contribution in [0.25, 0.3) is 21.9 Å². The quantitative estimate of drug-likeness (QED) is 0.225. The van der Waals surface area contributed by atoms with Crippen molar-refractivity contribution < 1.29 is 27.4 Å². The number of nitrogens with one attached hydrogen (secondary N) is 1. The number of hydrogen-bond acceptors (Lipinski definition) is 7. The third kappa shape index (κ3) is 7.73. The number of piperidine rings is 1. The molecule has 0 unspecified atom stereocenters. The van der Waals surface area contributed by atoms with Crippen LogP contribution in [0.4, 0.5) is 4.79 Å². The van der Waals surface area contributed by atoms with Crippen LogP contribution in [0, 0.1) is 0 Å². The van der Waals surface area contributed by atoms with Gasteiger partial charge in [0.25, 0.3) is 0 Å². The molecule has 1 saturated heterocycles. The van der Waals surface area contributed by atoms with Crippen molar-refractivity contribution in [2.24, 2.45) is 0 Å². The van der Waals surface area contributed by atoms with Gasteiger partial charge in [-0.15, -0.1) is 12.4 Å². The van der Waals surface area contributed by atoms with Crippen LogP contribution in [-0.4, -0.2) is 59.0 Å². The van der Waals surface area contributed by atoms with Crippen molar-refractivity contribution in [1.82, 2.24) is 10.2 Å². The highest BCUT2D eigenvalue weighted by molar-refractivity contribution is 7.90. The van der Waals surface area contributed by atoms with Crippen molar-refractivity contribution in [2.45, 2.75) is 24.2 Å². The standard InChI is InChI=1S/C32H34N2O6S.ClH/c1-33-32(35)40-27-13-17-30-24(22-27)8-16-29(23-6-14-28(15-7-23)41(2,36)37)31(30)39-26-11-9-25(10-12-26)38-21-20-34-18-4-3-5-19-34;/h6-17,22H,3-5,18-21H2,1-2H3,(H,33,35);1H. The molecule has 1 fully saturated rings. The molecular weight excluding hydrogens is 576 g/mol. The Balaban J connectivity index is 0.00000405. The van der Waals surface area contributed by atoms with Crippen LogP contribution in [0.2, 0.25) is 0 Å². The first-order valence-corrected chi connectivity index (χ1v) is 15.6. The Hall–Kier alpha value is -3.79. The maximum atomic E-state index is 12.0. The summed E-state index contributed by atoms with van der Waals surface area (Å²) in [6.07, 6.45) is 4.46. The Morgan fingerprint density at radius 1 is 0.857 bits per heavy atom. The van der Waals surface area contributed by atoms with Gasteiger partial charge in [0.15, 0.2) is 9.84 Å². The highest BCUT2D eigenvalue weighted by atomic mass is 35.5. The van der Waals surface area contributed by atoms with E-state index in [1.54, 1.807) is 36.4 Å². The van der Waals surface area contributed by atoms with Crippen molar-refractivity contribution in [3.05, 3.63) is 78.9 Å². The van der Waals surface area contributed by atoms with E-state index in [0.717, 1.165) is 47.3 Å². The molecule has 1 N–H and O–H groups in total. The summed E-state index contributed by atoms with van der Waals surface area (Å²) in [4.78, 5) is 14.4. The fourth-order valence-corrected chi connectivity index (χ4v) is 5.55. The van der Waals surface area contributed by atoms with E-state index >= 15 is 0 Å². The average Bonchev–Trinajstić information content (AvgIpc) is 2.98. The molecule has 0 radical (unpaired) electrons. The molecule has 42 heavy (non-hydrogen) atoms. The van der Waals surface area contributed by atoms with Gasteiger partial charge in [0.2, 0.25) is 0 Å². The highest BCUT2D eigenvalue weighted by Crippen LogP contribution is 2.41. The molecule has 8 nitrogen and oxygen atoms in total. The Bertz CT molecular complexity index is 1620. The lowest BCUT2D eigenvalue weighted by molar-refractivity contribution is 0.183. The van der Waals surface area contributed by atoms with E-state index in [9.17, 15) is 13.2 Å². The van der Waals surface area contributed by atoms with Gasteiger partial charge in [0, 0.05) is 30.8 Å². The highest BCUT2D eigenvalue weighted by Gasteiger charge is 2.16. The first-order chi connectivity index (χ1) is 19.8. The lowest BCUT2D eigenvalue weighted by Gasteiger charge is -2.26. The third-order valence-electron chi connectivity index (χ3n) is 7.12. The predicted octanol–water partition coefficient (Wildman–Crippen LogP) is 6.71. The number of likely N-dealkylation sites (tertiary alicyclic amines) is 1. The van der Waals surface area contributed by atoms with Crippen LogP contribution in [0.5, 0.6) is 23.0 Å². The number of nitrogens with zero attached hydrogens (tertiary/aromatic N) is 1. The second kappa shape index (κ2) is 13.9. The zero-order chi connectivity index (χ0) is 28.8. The number of halogens is 1. The van der Waals surface area contributed by atoms with E-state index in [4.69, 9.17) is 14.2 Å². The number of carbonyl (C=O) groups excluding carboxylic acids is 1. The third-order valence-corrected chi connectivity index (χ3v) is 8.25. The van der Waals surface area contributed by atoms with Crippen molar-refractivity contribution in [3.8, 4) is 34.1 Å². The summed E-state index contributed by atoms with van der Waals surface area (Å²) < 4.78 is 41.7. The Morgan fingerprint density at radius 3 is 2.19 bits per heavy atom. The minimum absolute atomic E-state index is 0. The molecule has 222 valence electrons. The molecular formula is C32H35ClN2O6S. The van der Waals surface area contributed by atoms with E-state index in [-0.39, 0.29) is 17.3 Å². The van der Waals surface area contributed by atoms with Crippen LogP contribution in [-0.2, 0) is 9.84 Å². The summed E-state index contributed by atoms with van der Waals surface area (Å²) in [6.45, 7) is 3.83. The van der Waals surface area contributed by atoms with Gasteiger partial charge in [0.1, 0.15) is 29.6 Å². The van der Waals surface area contributed by atoms with Crippen LogP contribution >= 0.6 is 12.4 Å². The maximum absolute atomic E-state index is 12.0. The van der Waals surface area contributed by atoms with Crippen LogP contribution in [0.15, 0.2) is 83.8 Å². The zero-order valence-corrected chi connectivity index (χ0v) is 25.3. The fourth-order valence-electron chi connectivity index (χ4n) is 4.92. The summed E-state index contributed by atoms with van der Waals surface area (Å²) in [5.41, 5.74) is 1.59. The van der Waals surface area contributed by atoms with E-state index < -0.39 is 15.9 Å². The number of fused-ring (bicyclic) bond motifs is 1. The van der Waals surface area contributed by atoms with Gasteiger partial charge in [-0.1, -0.05) is 24.6 Å². The van der Waals surface area contributed by atoms with Gasteiger partial charge < -0.3 is 19.5 Å². The second-order valence-electron chi connectivity index (χ2n) is 10.1. The number of carbonyl (C=O) groups is 1. The van der Waals surface area contributed by atoms with Crippen molar-refractivity contribution in [2.75, 3.05) is 39.5 Å². The van der Waals surface area contributed by atoms with E-state index in [1.807, 2.05) is 42.5 Å². The van der Waals surface area contributed by atoms with E-state index in [2.05, 4.69) is 10.2 Å². The largest absolute Gasteiger partial charge is 0.492 e. The maximum Gasteiger partial charge on any atom is 0.412 e. The first-order valence-electron chi connectivity index (χ1n) is 13.7. The summed E-state index contributed by atoms with van der Waals surface area (Å²) in [5.74, 6) is 2.40. The monoisotopic (exact) mass is 610 g/mol. The SMILES string of the molecule is CNC(=O)Oc1ccc2c(Oc3ccc(OCCN4CCCCC4)cc3)c(-c3ccc(S(C)(=O)=O)cc3)ccc2c1.Cl. The van der Waals surface area contributed by atoms with Gasteiger partial charge >= 0.3 is 6.09 Å². The molecule has 0 atom stereocenters. The average molecular weight is 611 g/mol. The minimum Gasteiger partial charge on any atom is -0.492 e. The number of hydrogen-bond donors (Lipinski definition) is 1. The lowest BCUT2D eigenvalue weighted by Crippen LogP contribution is -2.33. The van der Waals surface area contributed by atoms with E-state index in [1.165, 1.54) is 32.6 Å². The number of ether oxygens (including phenoxy) is 3. The minimum atomic E-state index is -3.32. The molecule has 0 aliphatic carbocycles. The first kappa shape index (κ1) is 31.2. The molecule has 10 heteroatoms. The topological polar surface area (TPSA) is 94.2 Å². The molecule has 0 spiro atoms. The predicted molar refractivity (Wildman–Crippen MR) is 167 cm³/mol. The molecule has 1 aliphatic heterocycles. The molecule has 5 rings (SSSR count). The van der Waals surface area contributed by atoms with Crippen molar-refractivity contribution >= 4 is 39.1 Å². The van der Waals surface area contributed by atoms with Crippen LogP contribution in [0.1, 0.15) is 19.3 Å². The smallest absolute Gasteiger partial charge is 0.412 e. The fraction of sp³-hybridized carbons (Fsp3) is 0.281. The normalized spacial score (nSPS) is 13.7. The number of sulfone groups is 1. The second-order valence-corrected chi connectivity index (χ2v) is 12.1. The van der Waals surface area contributed by atoms with Crippen molar-refractivity contribution in [3.63, 3.8) is 0 Å². The number of rotatable bonds is 9. The Morgan fingerprint density at radius 2 is 1.52 bits per heavy atom. The Kier molecular flexibility index (Phi) is 10.3. The van der Waals surface area contributed by atoms with Crippen LogP contribution < -0.4 is 19.5 Å². The van der Waals surface area contributed by atoms with E-state index in [0.29, 0.717) is 23.9 Å². The zero-order valence-electron chi connectivity index (χ0n) is 23.7. The summed E-state index contributed by atoms with van der Waals surface area (Å²) in [6, 6.07) is 23.4. The molecule has 1 heterocycles. The van der Waals surface area contributed by atoms with Gasteiger partial charge in [0.05, 0.1) is 4.90 Å². The molecule has 0 bridgehead atoms. The summed E-state index contributed by atoms with van der Waals surface area (Å²) in [7, 11) is -1.82. The summed E-state index contributed by atoms with van der Waals surface area (Å²) >= 11 is 0. The molecule has 4 aromatic rings. The van der Waals surface area contributed by atoms with Gasteiger partial charge in [-0.25, -0.2) is 13.2 Å². The van der Waals surface area contributed by atoms with Crippen LogP contribution in [0.3, 0.4) is 0 Å². The molecule has 4 aromatic carbocycles. The molecule has 1 amide bonds. The Labute approximate surface area is 252 Å². The molecule has 1 aliphatic rings. The van der Waals surface area contributed by atoms with Gasteiger partial charge in [-0.05, 0) is 97.5 Å². The lowest BCUT2D eigenvalue weighted by atomic mass is 9.99. The molecule has 0 saturated carbocycles. The van der Waals surface area contributed by atoms with Gasteiger partial charge in [-0.2, -0.15) is 0 Å². The number of benzene rings is 4. The number of amides is 1.